The topological polar surface area (TPSA) is 112 Å². The molecule has 3 N–H and O–H groups in total. The van der Waals surface area contributed by atoms with Crippen LogP contribution in [0.3, 0.4) is 0 Å². The van der Waals surface area contributed by atoms with E-state index in [1.807, 2.05) is 32.0 Å². The molecule has 0 amide bonds. The standard InChI is InChI=1S/C24H24N4O3/c1-14-9-18(15(2)16-3-4-21(26)20(11-16)24(29)30)23-19(10-14)17(13-25)12-22(27-23)28-5-7-31-8-6-28/h3-4,9-12,15H,5-8,26H2,1-2H3,(H,29,30). The second-order valence-corrected chi connectivity index (χ2v) is 7.86. The number of aromatic nitrogens is 1. The molecule has 0 bridgehead atoms. The predicted octanol–water partition coefficient (Wildman–Crippen LogP) is 3.68. The number of benzene rings is 2. The van der Waals surface area contributed by atoms with Crippen molar-refractivity contribution < 1.29 is 14.6 Å². The molecular formula is C24H24N4O3. The van der Waals surface area contributed by atoms with Crippen molar-refractivity contribution >= 4 is 28.4 Å². The highest BCUT2D eigenvalue weighted by Gasteiger charge is 2.21. The largest absolute Gasteiger partial charge is 0.478 e. The van der Waals surface area contributed by atoms with Crippen LogP contribution in [0.25, 0.3) is 10.9 Å². The van der Waals surface area contributed by atoms with Gasteiger partial charge in [0.05, 0.1) is 35.9 Å². The first-order valence-electron chi connectivity index (χ1n) is 10.2. The number of aromatic carboxylic acids is 1. The predicted molar refractivity (Wildman–Crippen MR) is 120 cm³/mol. The first kappa shape index (κ1) is 20.6. The number of nitrogens with zero attached hydrogens (tertiary/aromatic N) is 3. The van der Waals surface area contributed by atoms with Gasteiger partial charge in [0, 0.05) is 30.1 Å². The van der Waals surface area contributed by atoms with E-state index in [0.29, 0.717) is 18.8 Å². The minimum absolute atomic E-state index is 0.0842. The molecule has 1 aliphatic heterocycles. The number of nitrogen functional groups attached to an aromatic ring is 1. The lowest BCUT2D eigenvalue weighted by Gasteiger charge is -2.28. The first-order valence-corrected chi connectivity index (χ1v) is 10.2. The van der Waals surface area contributed by atoms with Gasteiger partial charge in [-0.05, 0) is 42.3 Å². The highest BCUT2D eigenvalue weighted by atomic mass is 16.5. The lowest BCUT2D eigenvalue weighted by Crippen LogP contribution is -2.36. The van der Waals surface area contributed by atoms with E-state index in [4.69, 9.17) is 15.5 Å². The van der Waals surface area contributed by atoms with Crippen LogP contribution in [-0.4, -0.2) is 42.4 Å². The molecule has 4 rings (SSSR count). The summed E-state index contributed by atoms with van der Waals surface area (Å²) in [7, 11) is 0. The van der Waals surface area contributed by atoms with Crippen LogP contribution in [0, 0.1) is 18.3 Å². The van der Waals surface area contributed by atoms with Gasteiger partial charge in [-0.25, -0.2) is 9.78 Å². The Balaban J connectivity index is 1.90. The number of aryl methyl sites for hydroxylation is 1. The van der Waals surface area contributed by atoms with Crippen LogP contribution in [0.5, 0.6) is 0 Å². The van der Waals surface area contributed by atoms with Gasteiger partial charge >= 0.3 is 5.97 Å². The summed E-state index contributed by atoms with van der Waals surface area (Å²) in [5.41, 5.74) is 10.3. The van der Waals surface area contributed by atoms with Crippen molar-refractivity contribution in [3.05, 3.63) is 64.2 Å². The maximum Gasteiger partial charge on any atom is 0.337 e. The minimum Gasteiger partial charge on any atom is -0.478 e. The zero-order valence-electron chi connectivity index (χ0n) is 17.6. The molecule has 1 atom stereocenters. The van der Waals surface area contributed by atoms with E-state index in [1.54, 1.807) is 12.1 Å². The molecule has 0 spiro atoms. The third kappa shape index (κ3) is 3.90. The summed E-state index contributed by atoms with van der Waals surface area (Å²) in [5, 5.41) is 20.1. The lowest BCUT2D eigenvalue weighted by molar-refractivity contribution is 0.0698. The van der Waals surface area contributed by atoms with Crippen molar-refractivity contribution in [2.24, 2.45) is 0 Å². The van der Waals surface area contributed by atoms with E-state index in [2.05, 4.69) is 17.0 Å². The summed E-state index contributed by atoms with van der Waals surface area (Å²) in [6.07, 6.45) is 0. The quantitative estimate of drug-likeness (QED) is 0.624. The van der Waals surface area contributed by atoms with Crippen LogP contribution in [0.1, 0.15) is 45.5 Å². The summed E-state index contributed by atoms with van der Waals surface area (Å²) in [4.78, 5) is 18.6. The van der Waals surface area contributed by atoms with Crippen LogP contribution in [0.2, 0.25) is 0 Å². The Morgan fingerprint density at radius 1 is 1.26 bits per heavy atom. The number of hydrogen-bond donors (Lipinski definition) is 2. The van der Waals surface area contributed by atoms with Crippen molar-refractivity contribution in [2.75, 3.05) is 36.9 Å². The number of nitrogens with two attached hydrogens (primary N) is 1. The van der Waals surface area contributed by atoms with Crippen molar-refractivity contribution in [3.8, 4) is 6.07 Å². The molecule has 1 aliphatic rings. The molecule has 1 saturated heterocycles. The molecular weight excluding hydrogens is 392 g/mol. The van der Waals surface area contributed by atoms with Crippen molar-refractivity contribution in [1.29, 1.82) is 5.26 Å². The molecule has 158 valence electrons. The van der Waals surface area contributed by atoms with Crippen molar-refractivity contribution in [1.82, 2.24) is 4.98 Å². The van der Waals surface area contributed by atoms with E-state index in [-0.39, 0.29) is 17.2 Å². The zero-order valence-corrected chi connectivity index (χ0v) is 17.6. The summed E-state index contributed by atoms with van der Waals surface area (Å²) in [6.45, 7) is 6.70. The molecule has 1 fully saturated rings. The maximum absolute atomic E-state index is 11.6. The van der Waals surface area contributed by atoms with Crippen LogP contribution < -0.4 is 10.6 Å². The lowest BCUT2D eigenvalue weighted by atomic mass is 9.88. The van der Waals surface area contributed by atoms with Gasteiger partial charge in [0.2, 0.25) is 0 Å². The fourth-order valence-corrected chi connectivity index (χ4v) is 4.08. The number of nitriles is 1. The summed E-state index contributed by atoms with van der Waals surface area (Å²) >= 11 is 0. The van der Waals surface area contributed by atoms with E-state index >= 15 is 0 Å². The number of anilines is 2. The highest BCUT2D eigenvalue weighted by Crippen LogP contribution is 2.34. The molecule has 3 aromatic rings. The fourth-order valence-electron chi connectivity index (χ4n) is 4.08. The number of pyridine rings is 1. The number of carboxylic acid groups (broad SMARTS) is 1. The molecule has 0 saturated carbocycles. The Morgan fingerprint density at radius 2 is 2.00 bits per heavy atom. The number of hydrogen-bond acceptors (Lipinski definition) is 6. The van der Waals surface area contributed by atoms with Gasteiger partial charge in [-0.2, -0.15) is 5.26 Å². The van der Waals surface area contributed by atoms with Crippen molar-refractivity contribution in [3.63, 3.8) is 0 Å². The number of fused-ring (bicyclic) bond motifs is 1. The van der Waals surface area contributed by atoms with Crippen LogP contribution in [-0.2, 0) is 4.74 Å². The van der Waals surface area contributed by atoms with Gasteiger partial charge in [-0.1, -0.05) is 24.6 Å². The number of rotatable bonds is 4. The molecule has 31 heavy (non-hydrogen) atoms. The van der Waals surface area contributed by atoms with Gasteiger partial charge < -0.3 is 20.5 Å². The monoisotopic (exact) mass is 416 g/mol. The molecule has 0 radical (unpaired) electrons. The summed E-state index contributed by atoms with van der Waals surface area (Å²) in [5.74, 6) is -0.437. The molecule has 7 heteroatoms. The molecule has 0 aliphatic carbocycles. The Hall–Kier alpha value is -3.63. The molecule has 2 heterocycles. The van der Waals surface area contributed by atoms with Gasteiger partial charge in [-0.3, -0.25) is 0 Å². The van der Waals surface area contributed by atoms with Gasteiger partial charge in [-0.15, -0.1) is 0 Å². The van der Waals surface area contributed by atoms with Crippen LogP contribution in [0.4, 0.5) is 11.5 Å². The minimum atomic E-state index is -1.06. The van der Waals surface area contributed by atoms with Gasteiger partial charge in [0.1, 0.15) is 5.82 Å². The Labute approximate surface area is 180 Å². The second kappa shape index (κ2) is 8.25. The Bertz CT molecular complexity index is 1210. The molecule has 7 nitrogen and oxygen atoms in total. The number of carbonyl (C=O) groups is 1. The average molecular weight is 416 g/mol. The Morgan fingerprint density at radius 3 is 2.68 bits per heavy atom. The average Bonchev–Trinajstić information content (AvgIpc) is 2.78. The zero-order chi connectivity index (χ0) is 22.1. The van der Waals surface area contributed by atoms with Crippen LogP contribution in [0.15, 0.2) is 36.4 Å². The Kier molecular flexibility index (Phi) is 5.49. The normalized spacial score (nSPS) is 14.9. The molecule has 2 aromatic carbocycles. The second-order valence-electron chi connectivity index (χ2n) is 7.86. The van der Waals surface area contributed by atoms with E-state index in [0.717, 1.165) is 46.5 Å². The van der Waals surface area contributed by atoms with Gasteiger partial charge in [0.25, 0.3) is 0 Å². The molecule has 1 aromatic heterocycles. The van der Waals surface area contributed by atoms with Gasteiger partial charge in [0.15, 0.2) is 0 Å². The summed E-state index contributed by atoms with van der Waals surface area (Å²) in [6, 6.07) is 13.3. The molecule has 1 unspecified atom stereocenters. The van der Waals surface area contributed by atoms with E-state index in [1.165, 1.54) is 0 Å². The van der Waals surface area contributed by atoms with Crippen LogP contribution >= 0.6 is 0 Å². The fraction of sp³-hybridized carbons (Fsp3) is 0.292. The smallest absolute Gasteiger partial charge is 0.337 e. The first-order chi connectivity index (χ1) is 14.9. The third-order valence-corrected chi connectivity index (χ3v) is 5.80. The maximum atomic E-state index is 11.6. The third-order valence-electron chi connectivity index (χ3n) is 5.80. The van der Waals surface area contributed by atoms with E-state index in [9.17, 15) is 15.2 Å². The van der Waals surface area contributed by atoms with E-state index < -0.39 is 5.97 Å². The van der Waals surface area contributed by atoms with Crippen molar-refractivity contribution in [2.45, 2.75) is 19.8 Å². The SMILES string of the molecule is Cc1cc(C(C)c2ccc(N)c(C(=O)O)c2)c2nc(N3CCOCC3)cc(C#N)c2c1. The number of carboxylic acids is 1. The highest BCUT2D eigenvalue weighted by molar-refractivity contribution is 5.94. The number of morpholine rings is 1. The number of ether oxygens (including phenoxy) is 1. The summed E-state index contributed by atoms with van der Waals surface area (Å²) < 4.78 is 5.45.